The number of pyridine rings is 1. The third-order valence-corrected chi connectivity index (χ3v) is 10.2. The topological polar surface area (TPSA) is 118 Å². The predicted octanol–water partition coefficient (Wildman–Crippen LogP) is 12.1. The van der Waals surface area contributed by atoms with Crippen molar-refractivity contribution in [2.75, 3.05) is 0 Å². The molecule has 0 saturated heterocycles. The molecule has 7 nitrogen and oxygen atoms in total. The maximum absolute atomic E-state index is 11.6. The fraction of sp³-hybridized carbons (Fsp3) is 0.435. The van der Waals surface area contributed by atoms with Crippen LogP contribution in [0.5, 0.6) is 11.5 Å². The van der Waals surface area contributed by atoms with Crippen molar-refractivity contribution < 1.29 is 36.9 Å². The summed E-state index contributed by atoms with van der Waals surface area (Å²) in [5.74, 6) is -0.738. The number of phenols is 1. The molecule has 54 heavy (non-hydrogen) atoms. The van der Waals surface area contributed by atoms with Gasteiger partial charge in [-0.25, -0.2) is 9.78 Å². The van der Waals surface area contributed by atoms with Gasteiger partial charge in [-0.15, -0.1) is 0 Å². The summed E-state index contributed by atoms with van der Waals surface area (Å²) in [6, 6.07) is 22.1. The third kappa shape index (κ3) is 10.7. The number of hydrogen-bond acceptors (Lipinski definition) is 6. The van der Waals surface area contributed by atoms with Gasteiger partial charge in [-0.05, 0) is 102 Å². The standard InChI is InChI=1S/C33H43N3.C13H16O4.Co/c1-20(2)26-14-11-15-27(21(3)4)32(26)34-24(9)30-18-13-19-31(36-30)25(10)35-33-28(22(5)6)16-12-17-29(33)23(7)8;14-10-7-6-9(8-4-2-1-3-5-8)11(12(10)15)13(16)17;/h11-23H,1-10H3;6-8,14-15H,1-5H2,(H,16,17);/p-1. The summed E-state index contributed by atoms with van der Waals surface area (Å²) in [6.07, 6.45) is 5.15. The number of carboxylic acids is 1. The number of aromatic nitrogens is 1. The van der Waals surface area contributed by atoms with Crippen LogP contribution in [-0.4, -0.2) is 32.6 Å². The van der Waals surface area contributed by atoms with Crippen LogP contribution in [0.15, 0.2) is 76.7 Å². The molecule has 1 heterocycles. The first-order chi connectivity index (χ1) is 25.1. The van der Waals surface area contributed by atoms with Gasteiger partial charge >= 0.3 is 5.97 Å². The number of carboxylic acid groups (broad SMARTS) is 1. The van der Waals surface area contributed by atoms with E-state index in [1.54, 1.807) is 6.07 Å². The van der Waals surface area contributed by atoms with E-state index < -0.39 is 17.5 Å². The number of aromatic carboxylic acids is 1. The number of para-hydroxylation sites is 2. The van der Waals surface area contributed by atoms with Crippen LogP contribution in [0.4, 0.5) is 11.4 Å². The van der Waals surface area contributed by atoms with Crippen molar-refractivity contribution >= 4 is 28.8 Å². The third-order valence-electron chi connectivity index (χ3n) is 10.2. The molecule has 0 atom stereocenters. The summed E-state index contributed by atoms with van der Waals surface area (Å²) in [6.45, 7) is 22.0. The zero-order valence-corrected chi connectivity index (χ0v) is 34.7. The maximum atomic E-state index is 11.6. The Morgan fingerprint density at radius 1 is 0.667 bits per heavy atom. The smallest absolute Gasteiger partial charge is 0.335 e. The number of phenolic OH excluding ortho intramolecular Hbond substituents is 1. The van der Waals surface area contributed by atoms with Crippen molar-refractivity contribution in [2.24, 2.45) is 9.98 Å². The van der Waals surface area contributed by atoms with Crippen LogP contribution in [0.3, 0.4) is 0 Å². The quantitative estimate of drug-likeness (QED) is 0.156. The molecule has 0 spiro atoms. The molecule has 2 N–H and O–H groups in total. The van der Waals surface area contributed by atoms with E-state index in [0.717, 1.165) is 59.9 Å². The van der Waals surface area contributed by atoms with Gasteiger partial charge in [-0.2, -0.15) is 0 Å². The first-order valence-corrected chi connectivity index (χ1v) is 19.2. The van der Waals surface area contributed by atoms with Gasteiger partial charge in [0.2, 0.25) is 0 Å². The molecular formula is C46H58CoN3O4-. The van der Waals surface area contributed by atoms with Gasteiger partial charge in [0.25, 0.3) is 0 Å². The average molecular weight is 776 g/mol. The van der Waals surface area contributed by atoms with Crippen LogP contribution >= 0.6 is 0 Å². The SMILES string of the molecule is CC(=Nc1c(C(C)C)cccc1C(C)C)c1cccc(C(C)=Nc2c(C(C)C)cccc2C(C)C)n1.O=C(O)c1c(C2CCCCC2)ccc(O)c1[O-].[Co]. The van der Waals surface area contributed by atoms with E-state index in [1.165, 1.54) is 34.7 Å². The molecule has 0 bridgehead atoms. The van der Waals surface area contributed by atoms with Crippen molar-refractivity contribution in [3.8, 4) is 11.5 Å². The van der Waals surface area contributed by atoms with Gasteiger partial charge < -0.3 is 15.3 Å². The first-order valence-electron chi connectivity index (χ1n) is 19.2. The van der Waals surface area contributed by atoms with Crippen LogP contribution in [0.2, 0.25) is 0 Å². The number of carbonyl (C=O) groups is 1. The Kier molecular flexibility index (Phi) is 16.2. The van der Waals surface area contributed by atoms with Crippen LogP contribution < -0.4 is 5.11 Å². The summed E-state index contributed by atoms with van der Waals surface area (Å²) in [7, 11) is 0. The fourth-order valence-corrected chi connectivity index (χ4v) is 7.13. The average Bonchev–Trinajstić information content (AvgIpc) is 3.12. The summed E-state index contributed by atoms with van der Waals surface area (Å²) < 4.78 is 0. The number of benzene rings is 3. The van der Waals surface area contributed by atoms with Gasteiger partial charge in [-0.1, -0.05) is 129 Å². The minimum Gasteiger partial charge on any atom is -0.869 e. The largest absolute Gasteiger partial charge is 0.869 e. The Labute approximate surface area is 333 Å². The minimum atomic E-state index is -1.24. The van der Waals surface area contributed by atoms with Crippen molar-refractivity contribution in [3.63, 3.8) is 0 Å². The van der Waals surface area contributed by atoms with Crippen LogP contribution in [0.1, 0.15) is 180 Å². The van der Waals surface area contributed by atoms with Gasteiger partial charge in [0, 0.05) is 16.8 Å². The molecule has 1 fully saturated rings. The number of hydrogen-bond donors (Lipinski definition) is 2. The van der Waals surface area contributed by atoms with Crippen LogP contribution in [0, 0.1) is 0 Å². The summed E-state index contributed by atoms with van der Waals surface area (Å²) in [5, 5.41) is 30.0. The molecule has 291 valence electrons. The van der Waals surface area contributed by atoms with Crippen molar-refractivity contribution in [2.45, 2.75) is 131 Å². The van der Waals surface area contributed by atoms with E-state index in [4.69, 9.17) is 20.1 Å². The first kappa shape index (κ1) is 44.1. The molecule has 4 aromatic rings. The van der Waals surface area contributed by atoms with E-state index >= 15 is 0 Å². The van der Waals surface area contributed by atoms with E-state index in [9.17, 15) is 15.0 Å². The molecule has 1 saturated carbocycles. The molecule has 1 aromatic heterocycles. The molecule has 5 rings (SSSR count). The van der Waals surface area contributed by atoms with Crippen molar-refractivity contribution in [1.82, 2.24) is 4.98 Å². The normalized spacial score (nSPS) is 14.0. The zero-order valence-electron chi connectivity index (χ0n) is 33.7. The number of aliphatic imine (C=N–C) groups is 2. The van der Waals surface area contributed by atoms with E-state index in [1.807, 2.05) is 12.1 Å². The molecule has 0 aliphatic heterocycles. The fourth-order valence-electron chi connectivity index (χ4n) is 7.13. The minimum absolute atomic E-state index is 0. The molecule has 0 unspecified atom stereocenters. The molecule has 8 heteroatoms. The van der Waals surface area contributed by atoms with Gasteiger partial charge in [-0.3, -0.25) is 9.98 Å². The second-order valence-corrected chi connectivity index (χ2v) is 15.5. The number of nitrogens with zero attached hydrogens (tertiary/aromatic N) is 3. The Balaban J connectivity index is 0.000000364. The number of aromatic hydroxyl groups is 1. The molecule has 3 aromatic carbocycles. The second kappa shape index (κ2) is 19.9. The van der Waals surface area contributed by atoms with Gasteiger partial charge in [0.1, 0.15) is 5.75 Å². The van der Waals surface area contributed by atoms with Crippen molar-refractivity contribution in [3.05, 3.63) is 111 Å². The van der Waals surface area contributed by atoms with E-state index in [0.29, 0.717) is 29.2 Å². The zero-order chi connectivity index (χ0) is 39.0. The Morgan fingerprint density at radius 2 is 1.06 bits per heavy atom. The molecule has 1 aliphatic carbocycles. The van der Waals surface area contributed by atoms with Gasteiger partial charge in [0.15, 0.2) is 0 Å². The van der Waals surface area contributed by atoms with Gasteiger partial charge in [0.05, 0.1) is 39.7 Å². The van der Waals surface area contributed by atoms with E-state index in [-0.39, 0.29) is 28.3 Å². The number of rotatable bonds is 10. The van der Waals surface area contributed by atoms with E-state index in [2.05, 4.69) is 112 Å². The Hall–Kier alpha value is -4.27. The molecule has 1 aliphatic rings. The summed E-state index contributed by atoms with van der Waals surface area (Å²) in [5.41, 5.74) is 11.2. The monoisotopic (exact) mass is 775 g/mol. The Morgan fingerprint density at radius 3 is 1.43 bits per heavy atom. The molecule has 0 amide bonds. The molecule has 1 radical (unpaired) electrons. The van der Waals surface area contributed by atoms with Crippen LogP contribution in [0.25, 0.3) is 0 Å². The second-order valence-electron chi connectivity index (χ2n) is 15.5. The summed E-state index contributed by atoms with van der Waals surface area (Å²) in [4.78, 5) is 26.4. The predicted molar refractivity (Wildman–Crippen MR) is 218 cm³/mol. The van der Waals surface area contributed by atoms with Crippen LogP contribution in [-0.2, 0) is 16.8 Å². The summed E-state index contributed by atoms with van der Waals surface area (Å²) >= 11 is 0. The van der Waals surface area contributed by atoms with Crippen molar-refractivity contribution in [1.29, 1.82) is 0 Å². The molecular weight excluding hydrogens is 717 g/mol. The maximum Gasteiger partial charge on any atom is 0.335 e. The Bertz CT molecular complexity index is 1810.